The van der Waals surface area contributed by atoms with Crippen LogP contribution in [0.25, 0.3) is 0 Å². The van der Waals surface area contributed by atoms with Crippen LogP contribution in [0.2, 0.25) is 5.02 Å². The number of nitrogens with one attached hydrogen (secondary N) is 1. The molecule has 2 atom stereocenters. The lowest BCUT2D eigenvalue weighted by molar-refractivity contribution is 0.278. The standard InChI is InChI=1S/C16H24ClN3O/c1-2-11-4-3-5-14(8-11)19-10-13-7-6-12(9-15(13)17)16(18)20-21/h6-7,9,11,14,19,21H,2-5,8,10H2,1H3,(H2,18,20). The van der Waals surface area contributed by atoms with Crippen molar-refractivity contribution in [2.75, 3.05) is 0 Å². The van der Waals surface area contributed by atoms with Crippen molar-refractivity contribution in [3.8, 4) is 0 Å². The Morgan fingerprint density at radius 2 is 2.29 bits per heavy atom. The molecule has 0 radical (unpaired) electrons. The van der Waals surface area contributed by atoms with Gasteiger partial charge in [0.25, 0.3) is 0 Å². The van der Waals surface area contributed by atoms with Crippen molar-refractivity contribution >= 4 is 17.4 Å². The van der Waals surface area contributed by atoms with Crippen LogP contribution in [-0.4, -0.2) is 17.1 Å². The third-order valence-corrected chi connectivity index (χ3v) is 4.75. The first-order valence-corrected chi connectivity index (χ1v) is 8.01. The number of hydrogen-bond acceptors (Lipinski definition) is 3. The average molecular weight is 310 g/mol. The van der Waals surface area contributed by atoms with Gasteiger partial charge in [-0.3, -0.25) is 0 Å². The predicted octanol–water partition coefficient (Wildman–Crippen LogP) is 3.49. The summed E-state index contributed by atoms with van der Waals surface area (Å²) in [5.41, 5.74) is 7.24. The van der Waals surface area contributed by atoms with Crippen molar-refractivity contribution in [3.63, 3.8) is 0 Å². The van der Waals surface area contributed by atoms with Gasteiger partial charge in [0.05, 0.1) is 0 Å². The van der Waals surface area contributed by atoms with Gasteiger partial charge in [0, 0.05) is 23.2 Å². The van der Waals surface area contributed by atoms with Crippen LogP contribution in [0.3, 0.4) is 0 Å². The molecule has 0 amide bonds. The second-order valence-electron chi connectivity index (χ2n) is 5.81. The third-order valence-electron chi connectivity index (χ3n) is 4.40. The monoisotopic (exact) mass is 309 g/mol. The van der Waals surface area contributed by atoms with E-state index < -0.39 is 0 Å². The van der Waals surface area contributed by atoms with E-state index in [-0.39, 0.29) is 5.84 Å². The van der Waals surface area contributed by atoms with Crippen molar-refractivity contribution in [3.05, 3.63) is 34.3 Å². The van der Waals surface area contributed by atoms with Gasteiger partial charge in [0.2, 0.25) is 0 Å². The molecular weight excluding hydrogens is 286 g/mol. The molecule has 1 saturated carbocycles. The van der Waals surface area contributed by atoms with E-state index in [2.05, 4.69) is 17.4 Å². The topological polar surface area (TPSA) is 70.6 Å². The molecule has 5 heteroatoms. The van der Waals surface area contributed by atoms with Crippen molar-refractivity contribution < 1.29 is 5.21 Å². The molecule has 1 aliphatic carbocycles. The summed E-state index contributed by atoms with van der Waals surface area (Å²) < 4.78 is 0. The molecule has 2 rings (SSSR count). The Kier molecular flexibility index (Phi) is 5.88. The van der Waals surface area contributed by atoms with Gasteiger partial charge in [-0.05, 0) is 30.4 Å². The van der Waals surface area contributed by atoms with Crippen molar-refractivity contribution in [2.24, 2.45) is 16.8 Å². The van der Waals surface area contributed by atoms with E-state index in [4.69, 9.17) is 22.5 Å². The second kappa shape index (κ2) is 7.66. The zero-order valence-corrected chi connectivity index (χ0v) is 13.2. The molecular formula is C16H24ClN3O. The highest BCUT2D eigenvalue weighted by Crippen LogP contribution is 2.27. The van der Waals surface area contributed by atoms with Crippen molar-refractivity contribution in [1.29, 1.82) is 0 Å². The maximum absolute atomic E-state index is 8.68. The van der Waals surface area contributed by atoms with Crippen LogP contribution in [0.4, 0.5) is 0 Å². The maximum atomic E-state index is 8.68. The van der Waals surface area contributed by atoms with Crippen LogP contribution < -0.4 is 11.1 Å². The average Bonchev–Trinajstić information content (AvgIpc) is 2.53. The molecule has 2 unspecified atom stereocenters. The summed E-state index contributed by atoms with van der Waals surface area (Å²) in [7, 11) is 0. The molecule has 4 nitrogen and oxygen atoms in total. The SMILES string of the molecule is CCC1CCCC(NCc2ccc(/C(N)=N/O)cc2Cl)C1. The molecule has 0 aliphatic heterocycles. The van der Waals surface area contributed by atoms with Crippen molar-refractivity contribution in [1.82, 2.24) is 5.32 Å². The Labute approximate surface area is 131 Å². The van der Waals surface area contributed by atoms with Crippen LogP contribution in [-0.2, 0) is 6.54 Å². The molecule has 0 bridgehead atoms. The van der Waals surface area contributed by atoms with Gasteiger partial charge >= 0.3 is 0 Å². The molecule has 0 heterocycles. The lowest BCUT2D eigenvalue weighted by Crippen LogP contribution is -2.33. The minimum Gasteiger partial charge on any atom is -0.409 e. The molecule has 1 aromatic carbocycles. The largest absolute Gasteiger partial charge is 0.409 e. The molecule has 1 aliphatic rings. The van der Waals surface area contributed by atoms with E-state index in [0.29, 0.717) is 16.6 Å². The second-order valence-corrected chi connectivity index (χ2v) is 6.22. The molecule has 0 aromatic heterocycles. The molecule has 21 heavy (non-hydrogen) atoms. The normalized spacial score (nSPS) is 23.2. The van der Waals surface area contributed by atoms with E-state index >= 15 is 0 Å². The lowest BCUT2D eigenvalue weighted by Gasteiger charge is -2.29. The Morgan fingerprint density at radius 1 is 1.48 bits per heavy atom. The van der Waals surface area contributed by atoms with E-state index in [1.54, 1.807) is 6.07 Å². The summed E-state index contributed by atoms with van der Waals surface area (Å²) in [5.74, 6) is 0.934. The number of hydrogen-bond donors (Lipinski definition) is 3. The van der Waals surface area contributed by atoms with E-state index in [0.717, 1.165) is 18.0 Å². The number of oxime groups is 1. The highest BCUT2D eigenvalue weighted by molar-refractivity contribution is 6.31. The number of amidine groups is 1. The Balaban J connectivity index is 1.94. The molecule has 0 saturated heterocycles. The molecule has 0 spiro atoms. The number of halogens is 1. The highest BCUT2D eigenvalue weighted by Gasteiger charge is 2.20. The number of nitrogens with zero attached hydrogens (tertiary/aromatic N) is 1. The summed E-state index contributed by atoms with van der Waals surface area (Å²) in [5, 5.41) is 15.9. The van der Waals surface area contributed by atoms with Gasteiger partial charge in [0.15, 0.2) is 5.84 Å². The molecule has 4 N–H and O–H groups in total. The number of rotatable bonds is 5. The van der Waals surface area contributed by atoms with Gasteiger partial charge in [-0.1, -0.05) is 55.1 Å². The van der Waals surface area contributed by atoms with Gasteiger partial charge in [0.1, 0.15) is 0 Å². The van der Waals surface area contributed by atoms with Gasteiger partial charge in [-0.25, -0.2) is 0 Å². The predicted molar refractivity (Wildman–Crippen MR) is 86.8 cm³/mol. The zero-order chi connectivity index (χ0) is 15.2. The Morgan fingerprint density at radius 3 is 2.95 bits per heavy atom. The first-order chi connectivity index (χ1) is 10.1. The van der Waals surface area contributed by atoms with Crippen LogP contribution in [0.15, 0.2) is 23.4 Å². The summed E-state index contributed by atoms with van der Waals surface area (Å²) in [6.07, 6.45) is 6.45. The van der Waals surface area contributed by atoms with Crippen LogP contribution in [0.1, 0.15) is 50.2 Å². The fraction of sp³-hybridized carbons (Fsp3) is 0.562. The molecule has 1 aromatic rings. The minimum atomic E-state index is 0.0782. The van der Waals surface area contributed by atoms with Gasteiger partial charge < -0.3 is 16.3 Å². The summed E-state index contributed by atoms with van der Waals surface area (Å²) >= 11 is 6.27. The van der Waals surface area contributed by atoms with Gasteiger partial charge in [-0.2, -0.15) is 0 Å². The van der Waals surface area contributed by atoms with E-state index in [9.17, 15) is 0 Å². The molecule has 116 valence electrons. The Bertz CT molecular complexity index is 504. The van der Waals surface area contributed by atoms with Crippen molar-refractivity contribution in [2.45, 2.75) is 51.6 Å². The minimum absolute atomic E-state index is 0.0782. The van der Waals surface area contributed by atoms with Crippen LogP contribution in [0.5, 0.6) is 0 Å². The molecule has 1 fully saturated rings. The number of nitrogens with two attached hydrogens (primary N) is 1. The zero-order valence-electron chi connectivity index (χ0n) is 12.5. The van der Waals surface area contributed by atoms with E-state index in [1.807, 2.05) is 12.1 Å². The van der Waals surface area contributed by atoms with E-state index in [1.165, 1.54) is 32.1 Å². The van der Waals surface area contributed by atoms with Crippen LogP contribution >= 0.6 is 11.6 Å². The summed E-state index contributed by atoms with van der Waals surface area (Å²) in [6, 6.07) is 6.09. The quantitative estimate of drug-likeness (QED) is 0.337. The first-order valence-electron chi connectivity index (χ1n) is 7.63. The fourth-order valence-corrected chi connectivity index (χ4v) is 3.26. The third kappa shape index (κ3) is 4.35. The fourth-order valence-electron chi connectivity index (χ4n) is 3.01. The summed E-state index contributed by atoms with van der Waals surface area (Å²) in [6.45, 7) is 3.03. The first kappa shape index (κ1) is 16.1. The van der Waals surface area contributed by atoms with Crippen LogP contribution in [0, 0.1) is 5.92 Å². The van der Waals surface area contributed by atoms with Gasteiger partial charge in [-0.15, -0.1) is 0 Å². The maximum Gasteiger partial charge on any atom is 0.170 e. The highest BCUT2D eigenvalue weighted by atomic mass is 35.5. The summed E-state index contributed by atoms with van der Waals surface area (Å²) in [4.78, 5) is 0. The number of benzene rings is 1. The lowest BCUT2D eigenvalue weighted by atomic mass is 9.84. The smallest absolute Gasteiger partial charge is 0.170 e. The Hall–Kier alpha value is -1.26.